The van der Waals surface area contributed by atoms with Crippen molar-refractivity contribution in [3.8, 4) is 0 Å². The summed E-state index contributed by atoms with van der Waals surface area (Å²) < 4.78 is 54.3. The molecule has 1 fully saturated rings. The van der Waals surface area contributed by atoms with Gasteiger partial charge in [-0.05, 0) is 44.0 Å². The molecule has 0 unspecified atom stereocenters. The van der Waals surface area contributed by atoms with E-state index in [1.165, 1.54) is 33.1 Å². The second kappa shape index (κ2) is 8.42. The molecule has 2 aromatic rings. The van der Waals surface area contributed by atoms with E-state index in [0.29, 0.717) is 8.95 Å². The molecule has 14 heteroatoms. The second-order valence-corrected chi connectivity index (χ2v) is 12.0. The largest absolute Gasteiger partial charge is 0.244 e. The summed E-state index contributed by atoms with van der Waals surface area (Å²) in [5, 5.41) is 0.301. The molecule has 0 saturated carbocycles. The Hall–Kier alpha value is -0.340. The van der Waals surface area contributed by atoms with Crippen LogP contribution in [0.25, 0.3) is 0 Å². The van der Waals surface area contributed by atoms with E-state index in [9.17, 15) is 16.8 Å². The summed E-state index contributed by atoms with van der Waals surface area (Å²) in [6, 6.07) is 2.73. The van der Waals surface area contributed by atoms with Crippen molar-refractivity contribution in [2.45, 2.75) is 9.79 Å². The van der Waals surface area contributed by atoms with Crippen LogP contribution in [0.3, 0.4) is 0 Å². The van der Waals surface area contributed by atoms with Crippen molar-refractivity contribution < 1.29 is 16.8 Å². The maximum Gasteiger partial charge on any atom is 0.244 e. The molecule has 3 rings (SSSR count). The van der Waals surface area contributed by atoms with E-state index in [4.69, 9.17) is 23.2 Å². The average Bonchev–Trinajstić information content (AvgIpc) is 2.66. The lowest BCUT2D eigenvalue weighted by atomic mass is 10.4. The van der Waals surface area contributed by atoms with Crippen molar-refractivity contribution in [1.29, 1.82) is 0 Å². The van der Waals surface area contributed by atoms with Crippen molar-refractivity contribution in [3.05, 3.63) is 43.8 Å². The first-order valence-electron chi connectivity index (χ1n) is 7.66. The standard InChI is InChI=1S/C14H12Br2Cl2N4O4S2/c15-11-5-9(7-19-13(11)17)27(23,24)21-1-2-22(4-3-21)28(25,26)10-6-12(16)14(18)20-8-10/h5-8H,1-4H2. The monoisotopic (exact) mass is 592 g/mol. The van der Waals surface area contributed by atoms with Crippen molar-refractivity contribution in [2.24, 2.45) is 0 Å². The lowest BCUT2D eigenvalue weighted by molar-refractivity contribution is 0.272. The van der Waals surface area contributed by atoms with Crippen LogP contribution < -0.4 is 0 Å². The predicted molar refractivity (Wildman–Crippen MR) is 111 cm³/mol. The summed E-state index contributed by atoms with van der Waals surface area (Å²) in [7, 11) is -7.65. The molecule has 152 valence electrons. The zero-order valence-corrected chi connectivity index (χ0v) is 20.2. The minimum atomic E-state index is -3.82. The van der Waals surface area contributed by atoms with Gasteiger partial charge < -0.3 is 0 Å². The number of nitrogens with zero attached hydrogens (tertiary/aromatic N) is 4. The van der Waals surface area contributed by atoms with Crippen LogP contribution in [0.5, 0.6) is 0 Å². The molecule has 3 heterocycles. The molecule has 0 N–H and O–H groups in total. The molecule has 0 amide bonds. The molecule has 8 nitrogen and oxygen atoms in total. The van der Waals surface area contributed by atoms with E-state index in [1.54, 1.807) is 0 Å². The van der Waals surface area contributed by atoms with Crippen LogP contribution in [0.15, 0.2) is 43.3 Å². The highest BCUT2D eigenvalue weighted by atomic mass is 79.9. The van der Waals surface area contributed by atoms with Crippen molar-refractivity contribution in [1.82, 2.24) is 18.6 Å². The predicted octanol–water partition coefficient (Wildman–Crippen LogP) is 3.00. The molecule has 0 atom stereocenters. The third-order valence-corrected chi connectivity index (χ3v) is 10.0. The number of hydrogen-bond acceptors (Lipinski definition) is 6. The van der Waals surface area contributed by atoms with E-state index < -0.39 is 20.0 Å². The van der Waals surface area contributed by atoms with Gasteiger partial charge in [0.2, 0.25) is 20.0 Å². The summed E-state index contributed by atoms with van der Waals surface area (Å²) >= 11 is 17.9. The third-order valence-electron chi connectivity index (χ3n) is 4.02. The van der Waals surface area contributed by atoms with Crippen molar-refractivity contribution in [2.75, 3.05) is 26.2 Å². The van der Waals surface area contributed by atoms with Crippen molar-refractivity contribution in [3.63, 3.8) is 0 Å². The van der Waals surface area contributed by atoms with Gasteiger partial charge in [0.25, 0.3) is 0 Å². The Morgan fingerprint density at radius 3 is 1.36 bits per heavy atom. The fraction of sp³-hybridized carbons (Fsp3) is 0.286. The van der Waals surface area contributed by atoms with Crippen LogP contribution in [-0.2, 0) is 20.0 Å². The maximum atomic E-state index is 12.8. The minimum Gasteiger partial charge on any atom is -0.242 e. The van der Waals surface area contributed by atoms with Crippen molar-refractivity contribution >= 4 is 75.1 Å². The number of pyridine rings is 2. The Labute approximate surface area is 189 Å². The van der Waals surface area contributed by atoms with Gasteiger partial charge in [-0.2, -0.15) is 8.61 Å². The van der Waals surface area contributed by atoms with E-state index in [2.05, 4.69) is 41.8 Å². The molecule has 0 aromatic carbocycles. The van der Waals surface area contributed by atoms with E-state index in [-0.39, 0.29) is 46.3 Å². The SMILES string of the molecule is O=S(=O)(c1cnc(Cl)c(Br)c1)N1CCN(S(=O)(=O)c2cnc(Cl)c(Br)c2)CC1. The number of piperazine rings is 1. The van der Waals surface area contributed by atoms with E-state index >= 15 is 0 Å². The molecule has 0 aliphatic carbocycles. The fourth-order valence-corrected chi connectivity index (χ4v) is 6.54. The molecule has 0 radical (unpaired) electrons. The minimum absolute atomic E-state index is 0.00397. The summed E-state index contributed by atoms with van der Waals surface area (Å²) in [5.74, 6) is 0. The quantitative estimate of drug-likeness (QED) is 0.505. The molecule has 1 aliphatic heterocycles. The first-order chi connectivity index (χ1) is 13.0. The highest BCUT2D eigenvalue weighted by Gasteiger charge is 2.34. The Balaban J connectivity index is 1.78. The number of halogens is 4. The molecule has 0 spiro atoms. The van der Waals surface area contributed by atoms with E-state index in [0.717, 1.165) is 0 Å². The molecule has 0 bridgehead atoms. The zero-order valence-electron chi connectivity index (χ0n) is 13.9. The van der Waals surface area contributed by atoms with Gasteiger partial charge in [-0.3, -0.25) is 0 Å². The number of rotatable bonds is 4. The smallest absolute Gasteiger partial charge is 0.242 e. The lowest BCUT2D eigenvalue weighted by Crippen LogP contribution is -2.50. The topological polar surface area (TPSA) is 101 Å². The molecular formula is C14H12Br2Cl2N4O4S2. The van der Waals surface area contributed by atoms with E-state index in [1.807, 2.05) is 0 Å². The summed E-state index contributed by atoms with van der Waals surface area (Å²) in [4.78, 5) is 7.62. The molecule has 2 aromatic heterocycles. The maximum absolute atomic E-state index is 12.8. The summed E-state index contributed by atoms with van der Waals surface area (Å²) in [6.07, 6.45) is 2.34. The molecule has 1 saturated heterocycles. The van der Waals surface area contributed by atoms with Gasteiger partial charge in [0, 0.05) is 38.6 Å². The number of hydrogen-bond donors (Lipinski definition) is 0. The molecule has 1 aliphatic rings. The number of sulfonamides is 2. The average molecular weight is 595 g/mol. The Kier molecular flexibility index (Phi) is 6.72. The van der Waals surface area contributed by atoms with Crippen LogP contribution >= 0.6 is 55.1 Å². The third kappa shape index (κ3) is 4.38. The van der Waals surface area contributed by atoms with Crippen LogP contribution in [-0.4, -0.2) is 61.6 Å². The van der Waals surface area contributed by atoms with Gasteiger partial charge in [-0.25, -0.2) is 26.8 Å². The Morgan fingerprint density at radius 2 is 1.07 bits per heavy atom. The Morgan fingerprint density at radius 1 is 0.750 bits per heavy atom. The first-order valence-corrected chi connectivity index (χ1v) is 12.9. The van der Waals surface area contributed by atoms with Gasteiger partial charge in [0.1, 0.15) is 20.1 Å². The Bertz CT molecular complexity index is 1030. The van der Waals surface area contributed by atoms with Crippen LogP contribution in [0.1, 0.15) is 0 Å². The van der Waals surface area contributed by atoms with Gasteiger partial charge in [0.15, 0.2) is 0 Å². The van der Waals surface area contributed by atoms with Gasteiger partial charge in [-0.15, -0.1) is 0 Å². The number of aromatic nitrogens is 2. The van der Waals surface area contributed by atoms with Gasteiger partial charge >= 0.3 is 0 Å². The van der Waals surface area contributed by atoms with Gasteiger partial charge in [-0.1, -0.05) is 23.2 Å². The summed E-state index contributed by atoms with van der Waals surface area (Å²) in [6.45, 7) is 0.0159. The molecular weight excluding hydrogens is 583 g/mol. The zero-order chi connectivity index (χ0) is 20.7. The summed E-state index contributed by atoms with van der Waals surface area (Å²) in [5.41, 5.74) is 0. The van der Waals surface area contributed by atoms with Gasteiger partial charge in [0.05, 0.1) is 8.95 Å². The first kappa shape index (κ1) is 22.3. The normalized spacial score (nSPS) is 17.0. The molecule has 28 heavy (non-hydrogen) atoms. The second-order valence-electron chi connectivity index (χ2n) is 5.70. The van der Waals surface area contributed by atoms with Crippen LogP contribution in [0.4, 0.5) is 0 Å². The highest BCUT2D eigenvalue weighted by Crippen LogP contribution is 2.27. The van der Waals surface area contributed by atoms with Crippen LogP contribution in [0.2, 0.25) is 10.3 Å². The lowest BCUT2D eigenvalue weighted by Gasteiger charge is -2.33. The van der Waals surface area contributed by atoms with Crippen LogP contribution in [0, 0.1) is 0 Å². The fourth-order valence-electron chi connectivity index (χ4n) is 2.54. The highest BCUT2D eigenvalue weighted by molar-refractivity contribution is 9.10.